The average molecular weight is 376 g/mol. The first kappa shape index (κ1) is 18.3. The van der Waals surface area contributed by atoms with Crippen LogP contribution >= 0.6 is 0 Å². The topological polar surface area (TPSA) is 51.9 Å². The molecule has 6 heteroatoms. The van der Waals surface area contributed by atoms with Crippen molar-refractivity contribution in [1.29, 1.82) is 0 Å². The van der Waals surface area contributed by atoms with E-state index in [1.54, 1.807) is 7.11 Å². The summed E-state index contributed by atoms with van der Waals surface area (Å²) < 4.78 is 12.6. The number of aromatic nitrogens is 2. The summed E-state index contributed by atoms with van der Waals surface area (Å²) in [5.41, 5.74) is 4.15. The van der Waals surface area contributed by atoms with Crippen LogP contribution in [0.15, 0.2) is 65.9 Å². The van der Waals surface area contributed by atoms with Crippen molar-refractivity contribution < 1.29 is 9.47 Å². The molecule has 0 saturated carbocycles. The van der Waals surface area contributed by atoms with E-state index in [1.165, 1.54) is 5.56 Å². The zero-order valence-corrected chi connectivity index (χ0v) is 16.0. The van der Waals surface area contributed by atoms with Crippen molar-refractivity contribution in [2.45, 2.75) is 6.54 Å². The smallest absolute Gasteiger partial charge is 0.118 e. The molecule has 2 heterocycles. The van der Waals surface area contributed by atoms with Gasteiger partial charge in [-0.3, -0.25) is 9.69 Å². The molecule has 144 valence electrons. The van der Waals surface area contributed by atoms with Gasteiger partial charge in [-0.1, -0.05) is 30.3 Å². The van der Waals surface area contributed by atoms with E-state index in [9.17, 15) is 0 Å². The molecule has 0 amide bonds. The Morgan fingerprint density at radius 3 is 2.54 bits per heavy atom. The minimum Gasteiger partial charge on any atom is -0.497 e. The molecule has 1 aliphatic heterocycles. The summed E-state index contributed by atoms with van der Waals surface area (Å²) in [6.07, 6.45) is 3.95. The molecule has 1 aromatic heterocycles. The Morgan fingerprint density at radius 2 is 1.82 bits per heavy atom. The monoisotopic (exact) mass is 376 g/mol. The molecule has 3 aromatic rings. The second-order valence-corrected chi connectivity index (χ2v) is 6.66. The molecule has 2 aromatic carbocycles. The van der Waals surface area contributed by atoms with E-state index in [-0.39, 0.29) is 0 Å². The van der Waals surface area contributed by atoms with Crippen molar-refractivity contribution in [2.75, 3.05) is 33.4 Å². The highest BCUT2D eigenvalue weighted by Gasteiger charge is 2.12. The lowest BCUT2D eigenvalue weighted by atomic mass is 10.1. The maximum absolute atomic E-state index is 5.39. The number of methoxy groups -OCH3 is 1. The molecule has 0 aliphatic carbocycles. The number of hydrogen-bond donors (Lipinski definition) is 0. The van der Waals surface area contributed by atoms with Crippen molar-refractivity contribution in [2.24, 2.45) is 5.10 Å². The van der Waals surface area contributed by atoms with E-state index in [2.05, 4.69) is 23.4 Å². The Labute approximate surface area is 165 Å². The van der Waals surface area contributed by atoms with Crippen molar-refractivity contribution in [1.82, 2.24) is 14.8 Å². The van der Waals surface area contributed by atoms with E-state index >= 15 is 0 Å². The Hall–Kier alpha value is -3.12. The first-order chi connectivity index (χ1) is 13.8. The van der Waals surface area contributed by atoms with Crippen LogP contribution in [0.5, 0.6) is 5.75 Å². The SMILES string of the molecule is COc1ccc(-c2nn(Cc3ccccc3)cc2/C=N\N2CCOCC2)cc1. The fourth-order valence-corrected chi connectivity index (χ4v) is 3.17. The van der Waals surface area contributed by atoms with Crippen LogP contribution in [-0.4, -0.2) is 54.4 Å². The third-order valence-corrected chi connectivity index (χ3v) is 4.69. The van der Waals surface area contributed by atoms with Gasteiger partial charge < -0.3 is 9.47 Å². The standard InChI is InChI=1S/C22H24N4O2/c1-27-21-9-7-19(8-10-21)22-20(15-23-25-11-13-28-14-12-25)17-26(24-22)16-18-5-3-2-4-6-18/h2-10,15,17H,11-14,16H2,1H3/b23-15-. The quantitative estimate of drug-likeness (QED) is 0.620. The van der Waals surface area contributed by atoms with Crippen LogP contribution in [0.1, 0.15) is 11.1 Å². The molecule has 1 aliphatic rings. The second kappa shape index (κ2) is 8.71. The van der Waals surface area contributed by atoms with E-state index in [4.69, 9.17) is 14.6 Å². The molecule has 0 bridgehead atoms. The number of rotatable bonds is 6. The van der Waals surface area contributed by atoms with Gasteiger partial charge >= 0.3 is 0 Å². The van der Waals surface area contributed by atoms with Crippen LogP contribution in [0.2, 0.25) is 0 Å². The zero-order chi connectivity index (χ0) is 19.2. The summed E-state index contributed by atoms with van der Waals surface area (Å²) in [6, 6.07) is 18.3. The van der Waals surface area contributed by atoms with Gasteiger partial charge in [0.1, 0.15) is 11.4 Å². The molecule has 0 N–H and O–H groups in total. The molecule has 0 unspecified atom stereocenters. The van der Waals surface area contributed by atoms with Crippen LogP contribution in [0.25, 0.3) is 11.3 Å². The number of morpholine rings is 1. The van der Waals surface area contributed by atoms with Gasteiger partial charge in [-0.05, 0) is 29.8 Å². The first-order valence-electron chi connectivity index (χ1n) is 9.44. The Morgan fingerprint density at radius 1 is 1.07 bits per heavy atom. The van der Waals surface area contributed by atoms with Gasteiger partial charge in [0.2, 0.25) is 0 Å². The molecular formula is C22H24N4O2. The highest BCUT2D eigenvalue weighted by Crippen LogP contribution is 2.24. The van der Waals surface area contributed by atoms with E-state index < -0.39 is 0 Å². The Bertz CT molecular complexity index is 913. The van der Waals surface area contributed by atoms with Gasteiger partial charge in [-0.2, -0.15) is 10.2 Å². The summed E-state index contributed by atoms with van der Waals surface area (Å²) in [4.78, 5) is 0. The lowest BCUT2D eigenvalue weighted by Gasteiger charge is -2.23. The van der Waals surface area contributed by atoms with Crippen molar-refractivity contribution in [3.05, 3.63) is 71.9 Å². The molecule has 0 atom stereocenters. The normalized spacial score (nSPS) is 14.5. The lowest BCUT2D eigenvalue weighted by molar-refractivity contribution is 0.0397. The fourth-order valence-electron chi connectivity index (χ4n) is 3.17. The van der Waals surface area contributed by atoms with Crippen molar-refractivity contribution in [3.8, 4) is 17.0 Å². The van der Waals surface area contributed by atoms with Crippen LogP contribution < -0.4 is 4.74 Å². The average Bonchev–Trinajstić information content (AvgIpc) is 3.16. The van der Waals surface area contributed by atoms with Crippen LogP contribution in [0.4, 0.5) is 0 Å². The van der Waals surface area contributed by atoms with Crippen molar-refractivity contribution >= 4 is 6.21 Å². The molecule has 0 spiro atoms. The van der Waals surface area contributed by atoms with Gasteiger partial charge in [0.15, 0.2) is 0 Å². The minimum absolute atomic E-state index is 0.718. The Balaban J connectivity index is 1.63. The number of benzene rings is 2. The minimum atomic E-state index is 0.718. The maximum atomic E-state index is 5.39. The number of hydrazone groups is 1. The predicted molar refractivity (Wildman–Crippen MR) is 110 cm³/mol. The number of hydrogen-bond acceptors (Lipinski definition) is 5. The summed E-state index contributed by atoms with van der Waals surface area (Å²) >= 11 is 0. The third-order valence-electron chi connectivity index (χ3n) is 4.69. The summed E-state index contributed by atoms with van der Waals surface area (Å²) in [5, 5.41) is 11.5. The van der Waals surface area contributed by atoms with E-state index in [0.717, 1.165) is 55.4 Å². The van der Waals surface area contributed by atoms with Crippen molar-refractivity contribution in [3.63, 3.8) is 0 Å². The van der Waals surface area contributed by atoms with Crippen LogP contribution in [0, 0.1) is 0 Å². The Kier molecular flexibility index (Phi) is 5.68. The van der Waals surface area contributed by atoms with E-state index in [1.807, 2.05) is 58.4 Å². The molecule has 6 nitrogen and oxygen atoms in total. The van der Waals surface area contributed by atoms with Gasteiger partial charge in [-0.25, -0.2) is 0 Å². The maximum Gasteiger partial charge on any atom is 0.118 e. The highest BCUT2D eigenvalue weighted by atomic mass is 16.5. The zero-order valence-electron chi connectivity index (χ0n) is 16.0. The van der Waals surface area contributed by atoms with Gasteiger partial charge in [-0.15, -0.1) is 0 Å². The molecule has 28 heavy (non-hydrogen) atoms. The largest absolute Gasteiger partial charge is 0.497 e. The molecular weight excluding hydrogens is 352 g/mol. The van der Waals surface area contributed by atoms with Gasteiger partial charge in [0.05, 0.1) is 46.2 Å². The van der Waals surface area contributed by atoms with Gasteiger partial charge in [0.25, 0.3) is 0 Å². The number of ether oxygens (including phenoxy) is 2. The molecule has 1 fully saturated rings. The fraction of sp³-hybridized carbons (Fsp3) is 0.273. The third kappa shape index (κ3) is 4.40. The van der Waals surface area contributed by atoms with Crippen LogP contribution in [-0.2, 0) is 11.3 Å². The van der Waals surface area contributed by atoms with E-state index in [0.29, 0.717) is 0 Å². The predicted octanol–water partition coefficient (Wildman–Crippen LogP) is 3.27. The first-order valence-corrected chi connectivity index (χ1v) is 9.44. The summed E-state index contributed by atoms with van der Waals surface area (Å²) in [7, 11) is 1.67. The second-order valence-electron chi connectivity index (χ2n) is 6.66. The molecule has 4 rings (SSSR count). The molecule has 0 radical (unpaired) electrons. The van der Waals surface area contributed by atoms with Crippen LogP contribution in [0.3, 0.4) is 0 Å². The summed E-state index contributed by atoms with van der Waals surface area (Å²) in [6.45, 7) is 3.78. The molecule has 1 saturated heterocycles. The number of nitrogens with zero attached hydrogens (tertiary/aromatic N) is 4. The lowest BCUT2D eigenvalue weighted by Crippen LogP contribution is -2.32. The summed E-state index contributed by atoms with van der Waals surface area (Å²) in [5.74, 6) is 0.830. The van der Waals surface area contributed by atoms with Gasteiger partial charge in [0, 0.05) is 17.3 Å². The highest BCUT2D eigenvalue weighted by molar-refractivity contribution is 5.88.